The van der Waals surface area contributed by atoms with Crippen LogP contribution in [0.5, 0.6) is 0 Å². The Balaban J connectivity index is 3.28. The van der Waals surface area contributed by atoms with E-state index in [1.807, 2.05) is 0 Å². The quantitative estimate of drug-likeness (QED) is 0.412. The van der Waals surface area contributed by atoms with Gasteiger partial charge < -0.3 is 5.73 Å². The fourth-order valence-corrected chi connectivity index (χ4v) is 0.948. The number of nitro groups is 1. The van der Waals surface area contributed by atoms with Gasteiger partial charge in [-0.15, -0.1) is 0 Å². The third-order valence-corrected chi connectivity index (χ3v) is 1.49. The summed E-state index contributed by atoms with van der Waals surface area (Å²) in [5.41, 5.74) is 4.54. The lowest BCUT2D eigenvalue weighted by Crippen LogP contribution is -1.97. The molecule has 0 fully saturated rings. The molecule has 1 aromatic carbocycles. The molecule has 0 bridgehead atoms. The fourth-order valence-electron chi connectivity index (χ4n) is 0.948. The Morgan fingerprint density at radius 2 is 2.29 bits per heavy atom. The van der Waals surface area contributed by atoms with E-state index in [0.717, 1.165) is 6.07 Å². The number of para-hydroxylation sites is 1. The second-order valence-corrected chi connectivity index (χ2v) is 2.40. The summed E-state index contributed by atoms with van der Waals surface area (Å²) in [6.07, 6.45) is 0. The topological polar surface area (TPSA) is 69.2 Å². The molecule has 0 saturated heterocycles. The molecule has 0 aliphatic rings. The number of rotatable bonds is 1. The van der Waals surface area contributed by atoms with E-state index in [4.69, 9.17) is 5.73 Å². The molecule has 0 unspecified atom stereocenters. The first-order valence-corrected chi connectivity index (χ1v) is 3.78. The molecule has 5 heteroatoms. The van der Waals surface area contributed by atoms with Crippen LogP contribution in [-0.2, 0) is 0 Å². The summed E-state index contributed by atoms with van der Waals surface area (Å²) in [6, 6.07) is 3.76. The predicted molar refractivity (Wildman–Crippen MR) is 49.0 cm³/mol. The van der Waals surface area contributed by atoms with Crippen molar-refractivity contribution in [2.45, 2.75) is 0 Å². The molecule has 2 N–H and O–H groups in total. The molecule has 0 saturated carbocycles. The zero-order chi connectivity index (χ0) is 10.6. The highest BCUT2D eigenvalue weighted by Gasteiger charge is 2.17. The van der Waals surface area contributed by atoms with Crippen molar-refractivity contribution in [3.05, 3.63) is 39.7 Å². The van der Waals surface area contributed by atoms with Crippen LogP contribution in [0, 0.1) is 27.8 Å². The monoisotopic (exact) mass is 194 g/mol. The summed E-state index contributed by atoms with van der Waals surface area (Å²) in [5.74, 6) is 3.98. The average Bonchev–Trinajstić information content (AvgIpc) is 2.14. The van der Waals surface area contributed by atoms with Gasteiger partial charge in [-0.05, 0) is 12.1 Å². The van der Waals surface area contributed by atoms with Crippen molar-refractivity contribution in [1.82, 2.24) is 0 Å². The van der Waals surface area contributed by atoms with Crippen LogP contribution in [0.25, 0.3) is 0 Å². The zero-order valence-corrected chi connectivity index (χ0v) is 7.16. The minimum atomic E-state index is -0.890. The second kappa shape index (κ2) is 4.35. The van der Waals surface area contributed by atoms with Gasteiger partial charge in [0.25, 0.3) is 0 Å². The van der Waals surface area contributed by atoms with Gasteiger partial charge in [0.1, 0.15) is 5.56 Å². The number of hydrogen-bond donors (Lipinski definition) is 1. The third kappa shape index (κ3) is 2.06. The molecule has 0 radical (unpaired) electrons. The smallest absolute Gasteiger partial charge is 0.320 e. The summed E-state index contributed by atoms with van der Waals surface area (Å²) in [6.45, 7) is 0.0771. The van der Waals surface area contributed by atoms with Crippen molar-refractivity contribution in [1.29, 1.82) is 0 Å². The largest absolute Gasteiger partial charge is 0.320 e. The maximum absolute atomic E-state index is 13.0. The summed E-state index contributed by atoms with van der Waals surface area (Å²) >= 11 is 0. The lowest BCUT2D eigenvalue weighted by molar-refractivity contribution is -0.387. The normalized spacial score (nSPS) is 9.00. The van der Waals surface area contributed by atoms with Gasteiger partial charge in [-0.1, -0.05) is 17.9 Å². The van der Waals surface area contributed by atoms with Crippen LogP contribution in [0.1, 0.15) is 5.56 Å². The van der Waals surface area contributed by atoms with Gasteiger partial charge >= 0.3 is 5.69 Å². The zero-order valence-electron chi connectivity index (χ0n) is 7.16. The van der Waals surface area contributed by atoms with Gasteiger partial charge in [0.15, 0.2) is 0 Å². The molecule has 0 spiro atoms. The highest BCUT2D eigenvalue weighted by molar-refractivity contribution is 5.51. The Labute approximate surface area is 79.7 Å². The van der Waals surface area contributed by atoms with Crippen molar-refractivity contribution in [2.24, 2.45) is 5.73 Å². The first kappa shape index (κ1) is 10.2. The lowest BCUT2D eigenvalue weighted by atomic mass is 10.2. The summed E-state index contributed by atoms with van der Waals surface area (Å²) in [7, 11) is 0. The molecular weight excluding hydrogens is 187 g/mol. The van der Waals surface area contributed by atoms with Gasteiger partial charge in [-0.3, -0.25) is 10.1 Å². The van der Waals surface area contributed by atoms with E-state index in [2.05, 4.69) is 11.8 Å². The van der Waals surface area contributed by atoms with Crippen LogP contribution in [0.2, 0.25) is 0 Å². The van der Waals surface area contributed by atoms with Crippen LogP contribution in [0.3, 0.4) is 0 Å². The summed E-state index contributed by atoms with van der Waals surface area (Å²) < 4.78 is 13.0. The fraction of sp³-hybridized carbons (Fsp3) is 0.111. The van der Waals surface area contributed by atoms with Crippen molar-refractivity contribution < 1.29 is 9.31 Å². The van der Waals surface area contributed by atoms with Gasteiger partial charge in [0, 0.05) is 0 Å². The highest BCUT2D eigenvalue weighted by atomic mass is 19.1. The summed E-state index contributed by atoms with van der Waals surface area (Å²) in [5, 5.41) is 10.5. The van der Waals surface area contributed by atoms with E-state index in [-0.39, 0.29) is 12.1 Å². The summed E-state index contributed by atoms with van der Waals surface area (Å²) in [4.78, 5) is 9.68. The number of nitrogens with zero attached hydrogens (tertiary/aromatic N) is 1. The highest BCUT2D eigenvalue weighted by Crippen LogP contribution is 2.20. The van der Waals surface area contributed by atoms with E-state index in [0.29, 0.717) is 0 Å². The Kier molecular flexibility index (Phi) is 3.15. The Bertz CT molecular complexity index is 421. The predicted octanol–water partition coefficient (Wildman–Crippen LogP) is 1.04. The molecule has 0 aromatic heterocycles. The van der Waals surface area contributed by atoms with Crippen LogP contribution in [0.4, 0.5) is 10.1 Å². The molecule has 4 nitrogen and oxygen atoms in total. The maximum atomic E-state index is 13.0. The molecule has 0 aliphatic carbocycles. The van der Waals surface area contributed by atoms with E-state index in [9.17, 15) is 14.5 Å². The van der Waals surface area contributed by atoms with Gasteiger partial charge in [-0.2, -0.15) is 4.39 Å². The maximum Gasteiger partial charge on any atom is 0.320 e. The molecular formula is C9H7FN2O2. The second-order valence-electron chi connectivity index (χ2n) is 2.40. The van der Waals surface area contributed by atoms with Crippen molar-refractivity contribution in [2.75, 3.05) is 6.54 Å². The van der Waals surface area contributed by atoms with E-state index in [1.165, 1.54) is 12.1 Å². The van der Waals surface area contributed by atoms with Crippen molar-refractivity contribution >= 4 is 5.69 Å². The first-order chi connectivity index (χ1) is 6.66. The number of benzene rings is 1. The first-order valence-electron chi connectivity index (χ1n) is 3.78. The Morgan fingerprint density at radius 3 is 2.86 bits per heavy atom. The van der Waals surface area contributed by atoms with Gasteiger partial charge in [0.2, 0.25) is 5.82 Å². The minimum Gasteiger partial charge on any atom is -0.320 e. The molecule has 14 heavy (non-hydrogen) atoms. The van der Waals surface area contributed by atoms with Gasteiger partial charge in [0.05, 0.1) is 11.5 Å². The molecule has 1 aromatic rings. The molecule has 0 heterocycles. The number of nitro benzene ring substituents is 1. The Morgan fingerprint density at radius 1 is 1.57 bits per heavy atom. The third-order valence-electron chi connectivity index (χ3n) is 1.49. The van der Waals surface area contributed by atoms with Crippen LogP contribution in [-0.4, -0.2) is 11.5 Å². The average molecular weight is 194 g/mol. The van der Waals surface area contributed by atoms with Crippen LogP contribution >= 0.6 is 0 Å². The van der Waals surface area contributed by atoms with Crippen molar-refractivity contribution in [3.8, 4) is 11.8 Å². The van der Waals surface area contributed by atoms with Crippen LogP contribution in [0.15, 0.2) is 18.2 Å². The van der Waals surface area contributed by atoms with Crippen LogP contribution < -0.4 is 5.73 Å². The standard InChI is InChI=1S/C9H7FN2O2/c10-8-5-1-3-7(4-2-6-11)9(8)12(13)14/h1,3,5H,6,11H2. The number of hydrogen-bond acceptors (Lipinski definition) is 3. The van der Waals surface area contributed by atoms with E-state index in [1.54, 1.807) is 0 Å². The van der Waals surface area contributed by atoms with Crippen molar-refractivity contribution in [3.63, 3.8) is 0 Å². The SMILES string of the molecule is NCC#Cc1cccc(F)c1[N+](=O)[O-]. The molecule has 0 aliphatic heterocycles. The minimum absolute atomic E-state index is 0.0421. The Hall–Kier alpha value is -1.93. The van der Waals surface area contributed by atoms with E-state index < -0.39 is 16.4 Å². The number of nitrogens with two attached hydrogens (primary N) is 1. The molecule has 0 amide bonds. The molecule has 72 valence electrons. The molecule has 0 atom stereocenters. The number of halogens is 1. The van der Waals surface area contributed by atoms with Gasteiger partial charge in [-0.25, -0.2) is 0 Å². The molecule has 1 rings (SSSR count). The van der Waals surface area contributed by atoms with E-state index >= 15 is 0 Å². The lowest BCUT2D eigenvalue weighted by Gasteiger charge is -1.95.